The number of hydrogen-bond donors (Lipinski definition) is 3. The minimum Gasteiger partial charge on any atom is -0.478 e. The van der Waals surface area contributed by atoms with E-state index in [1.807, 2.05) is 32.0 Å². The van der Waals surface area contributed by atoms with Gasteiger partial charge in [-0.15, -0.1) is 11.3 Å². The molecule has 0 aliphatic rings. The molecule has 3 aromatic rings. The zero-order valence-electron chi connectivity index (χ0n) is 15.5. The summed E-state index contributed by atoms with van der Waals surface area (Å²) < 4.78 is 0. The molecule has 3 rings (SSSR count). The van der Waals surface area contributed by atoms with Crippen LogP contribution in [0.2, 0.25) is 0 Å². The number of hydrogen-bond acceptors (Lipinski definition) is 6. The van der Waals surface area contributed by atoms with E-state index in [-0.39, 0.29) is 22.0 Å². The largest absolute Gasteiger partial charge is 0.478 e. The van der Waals surface area contributed by atoms with Gasteiger partial charge in [-0.05, 0) is 31.4 Å². The molecule has 0 spiro atoms. The molecule has 0 bridgehead atoms. The SMILES string of the molecule is CCc1cccc(C)c1NC(=O)C(C)Sc1nc2scc(C(=O)O)c2c(=O)[nH]1. The molecule has 1 unspecified atom stereocenters. The van der Waals surface area contributed by atoms with Gasteiger partial charge in [0.15, 0.2) is 5.16 Å². The fourth-order valence-corrected chi connectivity index (χ4v) is 4.56. The highest BCUT2D eigenvalue weighted by Gasteiger charge is 2.20. The second-order valence-corrected chi connectivity index (χ2v) is 8.41. The number of thiophene rings is 1. The summed E-state index contributed by atoms with van der Waals surface area (Å²) in [5.41, 5.74) is 2.26. The number of aromatic amines is 1. The van der Waals surface area contributed by atoms with Crippen LogP contribution in [0.15, 0.2) is 33.5 Å². The fraction of sp³-hybridized carbons (Fsp3) is 0.263. The summed E-state index contributed by atoms with van der Waals surface area (Å²) in [6.45, 7) is 5.69. The summed E-state index contributed by atoms with van der Waals surface area (Å²) in [7, 11) is 0. The summed E-state index contributed by atoms with van der Waals surface area (Å²) in [5, 5.41) is 13.3. The van der Waals surface area contributed by atoms with Gasteiger partial charge >= 0.3 is 5.97 Å². The van der Waals surface area contributed by atoms with Gasteiger partial charge in [0.2, 0.25) is 5.91 Å². The Morgan fingerprint density at radius 2 is 2.14 bits per heavy atom. The number of aromatic nitrogens is 2. The van der Waals surface area contributed by atoms with Crippen LogP contribution >= 0.6 is 23.1 Å². The van der Waals surface area contributed by atoms with Crippen molar-refractivity contribution >= 4 is 50.9 Å². The van der Waals surface area contributed by atoms with Crippen LogP contribution < -0.4 is 10.9 Å². The van der Waals surface area contributed by atoms with Gasteiger partial charge in [0.25, 0.3) is 5.56 Å². The summed E-state index contributed by atoms with van der Waals surface area (Å²) in [6, 6.07) is 5.87. The maximum atomic E-state index is 12.7. The number of carbonyl (C=O) groups is 2. The topological polar surface area (TPSA) is 112 Å². The minimum atomic E-state index is -1.17. The van der Waals surface area contributed by atoms with Crippen LogP contribution in [0.25, 0.3) is 10.2 Å². The molecule has 1 amide bonds. The Labute approximate surface area is 169 Å². The number of thioether (sulfide) groups is 1. The first-order chi connectivity index (χ1) is 13.3. The smallest absolute Gasteiger partial charge is 0.337 e. The number of amides is 1. The molecule has 146 valence electrons. The molecule has 7 nitrogen and oxygen atoms in total. The predicted molar refractivity (Wildman–Crippen MR) is 112 cm³/mol. The Morgan fingerprint density at radius 1 is 1.39 bits per heavy atom. The van der Waals surface area contributed by atoms with Crippen molar-refractivity contribution in [2.75, 3.05) is 5.32 Å². The van der Waals surface area contributed by atoms with E-state index in [1.165, 1.54) is 5.38 Å². The number of carboxylic acids is 1. The molecule has 0 saturated heterocycles. The highest BCUT2D eigenvalue weighted by Crippen LogP contribution is 2.27. The number of aromatic carboxylic acids is 1. The second-order valence-electron chi connectivity index (χ2n) is 6.22. The molecule has 0 aliphatic heterocycles. The summed E-state index contributed by atoms with van der Waals surface area (Å²) >= 11 is 2.21. The normalized spacial score (nSPS) is 12.1. The van der Waals surface area contributed by atoms with Crippen molar-refractivity contribution in [3.8, 4) is 0 Å². The monoisotopic (exact) mass is 417 g/mol. The summed E-state index contributed by atoms with van der Waals surface area (Å²) in [5.74, 6) is -1.37. The number of nitrogens with one attached hydrogen (secondary N) is 2. The highest BCUT2D eigenvalue weighted by atomic mass is 32.2. The molecular weight excluding hydrogens is 398 g/mol. The Balaban J connectivity index is 1.81. The Hall–Kier alpha value is -2.65. The number of carbonyl (C=O) groups excluding carboxylic acids is 1. The van der Waals surface area contributed by atoms with Crippen LogP contribution in [0.4, 0.5) is 5.69 Å². The fourth-order valence-electron chi connectivity index (χ4n) is 2.79. The maximum Gasteiger partial charge on any atom is 0.337 e. The average Bonchev–Trinajstić information content (AvgIpc) is 3.08. The molecule has 0 aliphatic carbocycles. The Morgan fingerprint density at radius 3 is 2.82 bits per heavy atom. The number of anilines is 1. The summed E-state index contributed by atoms with van der Waals surface area (Å²) in [6.07, 6.45) is 0.800. The number of carboxylic acid groups (broad SMARTS) is 1. The van der Waals surface area contributed by atoms with E-state index in [4.69, 9.17) is 5.11 Å². The maximum absolute atomic E-state index is 12.7. The number of rotatable bonds is 6. The van der Waals surface area contributed by atoms with Crippen LogP contribution in [-0.4, -0.2) is 32.2 Å². The van der Waals surface area contributed by atoms with E-state index in [0.29, 0.717) is 4.83 Å². The van der Waals surface area contributed by atoms with E-state index in [9.17, 15) is 14.4 Å². The van der Waals surface area contributed by atoms with Crippen LogP contribution in [0.3, 0.4) is 0 Å². The van der Waals surface area contributed by atoms with Crippen molar-refractivity contribution in [2.45, 2.75) is 37.6 Å². The predicted octanol–water partition coefficient (Wildman–Crippen LogP) is 3.67. The number of benzene rings is 1. The second kappa shape index (κ2) is 8.15. The number of para-hydroxylation sites is 1. The third kappa shape index (κ3) is 3.95. The van der Waals surface area contributed by atoms with Crippen molar-refractivity contribution in [3.63, 3.8) is 0 Å². The number of nitrogens with zero attached hydrogens (tertiary/aromatic N) is 1. The zero-order chi connectivity index (χ0) is 20.4. The molecule has 1 atom stereocenters. The lowest BCUT2D eigenvalue weighted by atomic mass is 10.1. The standard InChI is InChI=1S/C19H19N3O4S2/c1-4-11-7-5-6-9(2)14(11)20-15(23)10(3)28-19-21-16(24)13-12(18(25)26)8-27-17(13)22-19/h5-8,10H,4H2,1-3H3,(H,20,23)(H,25,26)(H,21,22,24). The first-order valence-electron chi connectivity index (χ1n) is 8.62. The van der Waals surface area contributed by atoms with E-state index >= 15 is 0 Å². The first kappa shape index (κ1) is 20.1. The van der Waals surface area contributed by atoms with Gasteiger partial charge < -0.3 is 15.4 Å². The van der Waals surface area contributed by atoms with Crippen molar-refractivity contribution in [1.82, 2.24) is 9.97 Å². The highest BCUT2D eigenvalue weighted by molar-refractivity contribution is 8.00. The lowest BCUT2D eigenvalue weighted by Crippen LogP contribution is -2.24. The molecule has 0 fully saturated rings. The van der Waals surface area contributed by atoms with Gasteiger partial charge in [-0.3, -0.25) is 9.59 Å². The van der Waals surface area contributed by atoms with Crippen LogP contribution in [0.5, 0.6) is 0 Å². The molecular formula is C19H19N3O4S2. The van der Waals surface area contributed by atoms with Crippen LogP contribution in [-0.2, 0) is 11.2 Å². The van der Waals surface area contributed by atoms with Crippen molar-refractivity contribution in [3.05, 3.63) is 50.6 Å². The molecule has 0 saturated carbocycles. The van der Waals surface area contributed by atoms with E-state index in [0.717, 1.165) is 46.3 Å². The van der Waals surface area contributed by atoms with Crippen molar-refractivity contribution in [2.24, 2.45) is 0 Å². The molecule has 2 aromatic heterocycles. The van der Waals surface area contributed by atoms with E-state index in [1.54, 1.807) is 6.92 Å². The van der Waals surface area contributed by atoms with Gasteiger partial charge in [0.05, 0.1) is 16.2 Å². The van der Waals surface area contributed by atoms with Crippen molar-refractivity contribution in [1.29, 1.82) is 0 Å². The Bertz CT molecular complexity index is 1120. The van der Waals surface area contributed by atoms with Crippen LogP contribution in [0, 0.1) is 6.92 Å². The molecule has 0 radical (unpaired) electrons. The number of fused-ring (bicyclic) bond motifs is 1. The van der Waals surface area contributed by atoms with Gasteiger partial charge in [0, 0.05) is 11.1 Å². The molecule has 28 heavy (non-hydrogen) atoms. The lowest BCUT2D eigenvalue weighted by Gasteiger charge is -2.16. The molecule has 1 aromatic carbocycles. The third-order valence-electron chi connectivity index (χ3n) is 4.30. The minimum absolute atomic E-state index is 0.0615. The molecule has 3 N–H and O–H groups in total. The van der Waals surface area contributed by atoms with E-state index < -0.39 is 16.8 Å². The van der Waals surface area contributed by atoms with E-state index in [2.05, 4.69) is 15.3 Å². The third-order valence-corrected chi connectivity index (χ3v) is 6.15. The first-order valence-corrected chi connectivity index (χ1v) is 10.4. The van der Waals surface area contributed by atoms with Gasteiger partial charge in [0.1, 0.15) is 4.83 Å². The number of aryl methyl sites for hydroxylation is 2. The summed E-state index contributed by atoms with van der Waals surface area (Å²) in [4.78, 5) is 43.4. The average molecular weight is 418 g/mol. The molecule has 2 heterocycles. The van der Waals surface area contributed by atoms with Gasteiger partial charge in [-0.25, -0.2) is 9.78 Å². The molecule has 9 heteroatoms. The Kier molecular flexibility index (Phi) is 5.85. The number of H-pyrrole nitrogens is 1. The van der Waals surface area contributed by atoms with Gasteiger partial charge in [-0.1, -0.05) is 36.9 Å². The quantitative estimate of drug-likeness (QED) is 0.417. The zero-order valence-corrected chi connectivity index (χ0v) is 17.2. The lowest BCUT2D eigenvalue weighted by molar-refractivity contribution is -0.115. The van der Waals surface area contributed by atoms with Gasteiger partial charge in [-0.2, -0.15) is 0 Å². The van der Waals surface area contributed by atoms with Crippen LogP contribution in [0.1, 0.15) is 35.3 Å². The van der Waals surface area contributed by atoms with Crippen molar-refractivity contribution < 1.29 is 14.7 Å².